The number of hydrogen-bond donors (Lipinski definition) is 1. The summed E-state index contributed by atoms with van der Waals surface area (Å²) in [6, 6.07) is 6.64. The van der Waals surface area contributed by atoms with Crippen LogP contribution in [0, 0.1) is 6.92 Å². The summed E-state index contributed by atoms with van der Waals surface area (Å²) in [5.41, 5.74) is 5.17. The van der Waals surface area contributed by atoms with Crippen molar-refractivity contribution in [3.05, 3.63) is 41.2 Å². The van der Waals surface area contributed by atoms with Crippen LogP contribution in [-0.2, 0) is 19.9 Å². The molecule has 3 rings (SSSR count). The summed E-state index contributed by atoms with van der Waals surface area (Å²) in [5, 5.41) is 3.37. The second-order valence-electron chi connectivity index (χ2n) is 4.78. The molecule has 0 fully saturated rings. The molecule has 0 saturated carbocycles. The summed E-state index contributed by atoms with van der Waals surface area (Å²) in [5.74, 6) is 0.903. The molecule has 1 aliphatic rings. The van der Waals surface area contributed by atoms with Crippen molar-refractivity contribution in [2.75, 3.05) is 5.32 Å². The van der Waals surface area contributed by atoms with Gasteiger partial charge in [0.05, 0.1) is 5.69 Å². The lowest BCUT2D eigenvalue weighted by molar-refractivity contribution is 0.911. The zero-order valence-electron chi connectivity index (χ0n) is 10.3. The van der Waals surface area contributed by atoms with E-state index < -0.39 is 0 Å². The quantitative estimate of drug-likeness (QED) is 0.854. The molecule has 0 bridgehead atoms. The van der Waals surface area contributed by atoms with Crippen LogP contribution in [0.15, 0.2) is 24.4 Å². The third kappa shape index (κ3) is 1.93. The molecule has 3 heteroatoms. The normalized spacial score (nSPS) is 13.8. The first-order valence-electron chi connectivity index (χ1n) is 6.11. The fourth-order valence-corrected chi connectivity index (χ4v) is 2.51. The van der Waals surface area contributed by atoms with Gasteiger partial charge >= 0.3 is 0 Å². The van der Waals surface area contributed by atoms with E-state index in [-0.39, 0.29) is 0 Å². The van der Waals surface area contributed by atoms with Gasteiger partial charge in [0.1, 0.15) is 0 Å². The highest BCUT2D eigenvalue weighted by Gasteiger charge is 2.11. The van der Waals surface area contributed by atoms with Crippen LogP contribution in [0.5, 0.6) is 0 Å². The van der Waals surface area contributed by atoms with Crippen LogP contribution in [0.2, 0.25) is 0 Å². The molecule has 0 saturated heterocycles. The van der Waals surface area contributed by atoms with Gasteiger partial charge in [-0.05, 0) is 49.4 Å². The van der Waals surface area contributed by atoms with Crippen molar-refractivity contribution in [3.8, 4) is 0 Å². The number of hydrogen-bond acceptors (Lipinski definition) is 2. The molecule has 0 aliphatic heterocycles. The van der Waals surface area contributed by atoms with Crippen LogP contribution in [0.3, 0.4) is 0 Å². The summed E-state index contributed by atoms with van der Waals surface area (Å²) < 4.78 is 2.02. The van der Waals surface area contributed by atoms with E-state index in [1.807, 2.05) is 24.7 Å². The van der Waals surface area contributed by atoms with Crippen molar-refractivity contribution in [2.24, 2.45) is 7.05 Å². The topological polar surface area (TPSA) is 29.9 Å². The number of rotatable bonds is 2. The highest BCUT2D eigenvalue weighted by Crippen LogP contribution is 2.26. The fourth-order valence-electron chi connectivity index (χ4n) is 2.51. The van der Waals surface area contributed by atoms with Crippen molar-refractivity contribution < 1.29 is 0 Å². The molecule has 0 spiro atoms. The molecule has 1 N–H and O–H groups in total. The monoisotopic (exact) mass is 227 g/mol. The number of nitrogens with zero attached hydrogens (tertiary/aromatic N) is 2. The molecule has 1 aromatic carbocycles. The maximum atomic E-state index is 4.45. The Morgan fingerprint density at radius 3 is 2.82 bits per heavy atom. The summed E-state index contributed by atoms with van der Waals surface area (Å²) >= 11 is 0. The second kappa shape index (κ2) is 3.91. The molecule has 2 aromatic rings. The Labute approximate surface area is 101 Å². The minimum absolute atomic E-state index is 0.903. The first-order chi connectivity index (χ1) is 8.22. The molecule has 0 amide bonds. The maximum absolute atomic E-state index is 4.45. The molecular weight excluding hydrogens is 210 g/mol. The molecule has 88 valence electrons. The lowest BCUT2D eigenvalue weighted by Gasteiger charge is -2.07. The van der Waals surface area contributed by atoms with Crippen LogP contribution in [-0.4, -0.2) is 9.55 Å². The van der Waals surface area contributed by atoms with Crippen molar-refractivity contribution in [2.45, 2.75) is 26.2 Å². The Bertz CT molecular complexity index is 555. The summed E-state index contributed by atoms with van der Waals surface area (Å²) in [7, 11) is 2.01. The summed E-state index contributed by atoms with van der Waals surface area (Å²) in [4.78, 5) is 4.45. The number of aromatic nitrogens is 2. The Morgan fingerprint density at radius 1 is 1.24 bits per heavy atom. The van der Waals surface area contributed by atoms with Gasteiger partial charge in [-0.25, -0.2) is 4.98 Å². The van der Waals surface area contributed by atoms with E-state index in [1.54, 1.807) is 0 Å². The first-order valence-corrected chi connectivity index (χ1v) is 6.11. The van der Waals surface area contributed by atoms with Gasteiger partial charge < -0.3 is 9.88 Å². The van der Waals surface area contributed by atoms with E-state index in [4.69, 9.17) is 0 Å². The second-order valence-corrected chi connectivity index (χ2v) is 4.78. The third-order valence-electron chi connectivity index (χ3n) is 3.35. The summed E-state index contributed by atoms with van der Waals surface area (Å²) in [6.07, 6.45) is 5.76. The highest BCUT2D eigenvalue weighted by atomic mass is 15.2. The zero-order chi connectivity index (χ0) is 11.8. The molecule has 0 radical (unpaired) electrons. The number of aryl methyl sites for hydroxylation is 4. The van der Waals surface area contributed by atoms with Gasteiger partial charge in [-0.2, -0.15) is 0 Å². The van der Waals surface area contributed by atoms with E-state index in [0.717, 1.165) is 17.3 Å². The SMILES string of the molecule is Cc1cn(C)c(Nc2ccc3c(c2)CCC3)n1. The molecule has 1 aliphatic carbocycles. The van der Waals surface area contributed by atoms with Crippen molar-refractivity contribution >= 4 is 11.6 Å². The molecule has 3 nitrogen and oxygen atoms in total. The highest BCUT2D eigenvalue weighted by molar-refractivity contribution is 5.57. The molecule has 17 heavy (non-hydrogen) atoms. The van der Waals surface area contributed by atoms with Gasteiger partial charge in [0.25, 0.3) is 0 Å². The van der Waals surface area contributed by atoms with Crippen LogP contribution in [0.25, 0.3) is 0 Å². The molecular formula is C14H17N3. The largest absolute Gasteiger partial charge is 0.326 e. The molecule has 1 heterocycles. The Morgan fingerprint density at radius 2 is 2.06 bits per heavy atom. The third-order valence-corrected chi connectivity index (χ3v) is 3.35. The van der Waals surface area contributed by atoms with Crippen LogP contribution < -0.4 is 5.32 Å². The average molecular weight is 227 g/mol. The smallest absolute Gasteiger partial charge is 0.207 e. The van der Waals surface area contributed by atoms with Crippen LogP contribution in [0.1, 0.15) is 23.2 Å². The van der Waals surface area contributed by atoms with Gasteiger partial charge in [-0.1, -0.05) is 6.07 Å². The van der Waals surface area contributed by atoms with Crippen molar-refractivity contribution in [3.63, 3.8) is 0 Å². The van der Waals surface area contributed by atoms with Crippen LogP contribution in [0.4, 0.5) is 11.6 Å². The van der Waals surface area contributed by atoms with E-state index in [2.05, 4.69) is 28.5 Å². The van der Waals surface area contributed by atoms with E-state index in [9.17, 15) is 0 Å². The predicted molar refractivity (Wildman–Crippen MR) is 69.7 cm³/mol. The Kier molecular flexibility index (Phi) is 2.39. The van der Waals surface area contributed by atoms with Crippen molar-refractivity contribution in [1.29, 1.82) is 0 Å². The fraction of sp³-hybridized carbons (Fsp3) is 0.357. The summed E-state index contributed by atoms with van der Waals surface area (Å²) in [6.45, 7) is 2.01. The molecule has 1 aromatic heterocycles. The number of imidazole rings is 1. The number of benzene rings is 1. The first kappa shape index (κ1) is 10.4. The standard InChI is InChI=1S/C14H17N3/c1-10-9-17(2)14(15-10)16-13-7-6-11-4-3-5-12(11)8-13/h6-9H,3-5H2,1-2H3,(H,15,16). The Balaban J connectivity index is 1.88. The minimum atomic E-state index is 0.903. The average Bonchev–Trinajstić information content (AvgIpc) is 2.85. The van der Waals surface area contributed by atoms with Crippen LogP contribution >= 0.6 is 0 Å². The molecule has 0 atom stereocenters. The van der Waals surface area contributed by atoms with E-state index in [1.165, 1.54) is 30.4 Å². The molecule has 0 unspecified atom stereocenters. The van der Waals surface area contributed by atoms with Gasteiger partial charge in [-0.15, -0.1) is 0 Å². The van der Waals surface area contributed by atoms with Crippen molar-refractivity contribution in [1.82, 2.24) is 9.55 Å². The Hall–Kier alpha value is -1.77. The number of fused-ring (bicyclic) bond motifs is 1. The predicted octanol–water partition coefficient (Wildman–Crippen LogP) is 2.96. The van der Waals surface area contributed by atoms with E-state index >= 15 is 0 Å². The zero-order valence-corrected chi connectivity index (χ0v) is 10.3. The lowest BCUT2D eigenvalue weighted by Crippen LogP contribution is -1.99. The number of nitrogens with one attached hydrogen (secondary N) is 1. The number of anilines is 2. The maximum Gasteiger partial charge on any atom is 0.207 e. The van der Waals surface area contributed by atoms with Gasteiger partial charge in [-0.3, -0.25) is 0 Å². The minimum Gasteiger partial charge on any atom is -0.326 e. The van der Waals surface area contributed by atoms with Gasteiger partial charge in [0, 0.05) is 18.9 Å². The van der Waals surface area contributed by atoms with E-state index in [0.29, 0.717) is 0 Å². The van der Waals surface area contributed by atoms with Gasteiger partial charge in [0.2, 0.25) is 5.95 Å². The lowest BCUT2D eigenvalue weighted by atomic mass is 10.1. The van der Waals surface area contributed by atoms with Gasteiger partial charge in [0.15, 0.2) is 0 Å².